The van der Waals surface area contributed by atoms with E-state index in [0.717, 1.165) is 15.8 Å². The predicted molar refractivity (Wildman–Crippen MR) is 82.8 cm³/mol. The van der Waals surface area contributed by atoms with E-state index in [4.69, 9.17) is 5.11 Å². The summed E-state index contributed by atoms with van der Waals surface area (Å²) >= 11 is 4.95. The quantitative estimate of drug-likeness (QED) is 0.744. The summed E-state index contributed by atoms with van der Waals surface area (Å²) < 4.78 is 1.00. The Hall–Kier alpha value is -0.920. The normalized spacial score (nSPS) is 12.2. The van der Waals surface area contributed by atoms with Crippen molar-refractivity contribution in [1.82, 2.24) is 10.2 Å². The van der Waals surface area contributed by atoms with Crippen LogP contribution in [0.3, 0.4) is 0 Å². The Kier molecular flexibility index (Phi) is 7.18. The summed E-state index contributed by atoms with van der Waals surface area (Å²) in [4.78, 5) is 25.6. The number of hydrogen-bond acceptors (Lipinski definition) is 4. The van der Waals surface area contributed by atoms with Crippen molar-refractivity contribution in [3.8, 4) is 0 Å². The maximum Gasteiger partial charge on any atom is 0.320 e. The molecule has 0 spiro atoms. The molecule has 0 aliphatic carbocycles. The predicted octanol–water partition coefficient (Wildman–Crippen LogP) is 2.31. The van der Waals surface area contributed by atoms with Crippen LogP contribution >= 0.6 is 27.3 Å². The van der Waals surface area contributed by atoms with Gasteiger partial charge in [-0.25, -0.2) is 0 Å². The van der Waals surface area contributed by atoms with Crippen LogP contribution in [0.1, 0.15) is 24.6 Å². The second-order valence-corrected chi connectivity index (χ2v) is 6.45. The summed E-state index contributed by atoms with van der Waals surface area (Å²) in [5.74, 6) is -1.03. The molecule has 0 saturated carbocycles. The fourth-order valence-corrected chi connectivity index (χ4v) is 3.21. The first-order valence-electron chi connectivity index (χ1n) is 6.37. The first-order chi connectivity index (χ1) is 9.43. The number of thiophene rings is 1. The number of aliphatic carboxylic acids is 1. The second kappa shape index (κ2) is 8.39. The van der Waals surface area contributed by atoms with E-state index in [1.54, 1.807) is 23.3 Å². The van der Waals surface area contributed by atoms with E-state index in [9.17, 15) is 9.59 Å². The molecule has 0 fully saturated rings. The minimum Gasteiger partial charge on any atom is -0.480 e. The largest absolute Gasteiger partial charge is 0.480 e. The third kappa shape index (κ3) is 5.60. The van der Waals surface area contributed by atoms with Crippen LogP contribution in [-0.2, 0) is 16.1 Å². The van der Waals surface area contributed by atoms with Crippen LogP contribution in [0.4, 0.5) is 0 Å². The summed E-state index contributed by atoms with van der Waals surface area (Å²) in [6.07, 6.45) is 1.28. The van der Waals surface area contributed by atoms with Crippen molar-refractivity contribution in [3.63, 3.8) is 0 Å². The molecule has 1 amide bonds. The van der Waals surface area contributed by atoms with Crippen molar-refractivity contribution in [2.24, 2.45) is 0 Å². The van der Waals surface area contributed by atoms with Crippen LogP contribution in [0, 0.1) is 0 Å². The summed E-state index contributed by atoms with van der Waals surface area (Å²) in [7, 11) is 1.72. The van der Waals surface area contributed by atoms with E-state index in [1.165, 1.54) is 0 Å². The number of rotatable bonds is 8. The molecule has 1 aromatic heterocycles. The van der Waals surface area contributed by atoms with Gasteiger partial charge < -0.3 is 10.0 Å². The van der Waals surface area contributed by atoms with Gasteiger partial charge in [-0.15, -0.1) is 11.3 Å². The number of nitrogens with zero attached hydrogens (tertiary/aromatic N) is 1. The number of likely N-dealkylation sites (N-methyl/N-ethyl adjacent to an activating group) is 1. The first-order valence-corrected chi connectivity index (χ1v) is 8.04. The number of hydrogen-bond donors (Lipinski definition) is 2. The van der Waals surface area contributed by atoms with Gasteiger partial charge >= 0.3 is 5.97 Å². The minimum absolute atomic E-state index is 0.0417. The molecule has 0 aliphatic heterocycles. The molecule has 1 heterocycles. The highest BCUT2D eigenvalue weighted by Crippen LogP contribution is 2.20. The van der Waals surface area contributed by atoms with E-state index < -0.39 is 12.0 Å². The molecule has 5 nitrogen and oxygen atoms in total. The average molecular weight is 363 g/mol. The molecule has 0 radical (unpaired) electrons. The fourth-order valence-electron chi connectivity index (χ4n) is 1.71. The Morgan fingerprint density at radius 2 is 2.25 bits per heavy atom. The SMILES string of the molecule is CCCC(NCC(=O)N(C)Cc1cc(Br)cs1)C(=O)O. The molecule has 112 valence electrons. The lowest BCUT2D eigenvalue weighted by Crippen LogP contribution is -2.43. The van der Waals surface area contributed by atoms with Gasteiger partial charge in [0.25, 0.3) is 0 Å². The number of carboxylic acid groups (broad SMARTS) is 1. The summed E-state index contributed by atoms with van der Waals surface area (Å²) in [6, 6.07) is 1.31. The molecule has 1 aromatic rings. The molecule has 7 heteroatoms. The van der Waals surface area contributed by atoms with Crippen LogP contribution in [-0.4, -0.2) is 41.5 Å². The monoisotopic (exact) mass is 362 g/mol. The highest BCUT2D eigenvalue weighted by Gasteiger charge is 2.18. The first kappa shape index (κ1) is 17.1. The maximum atomic E-state index is 11.9. The van der Waals surface area contributed by atoms with E-state index in [-0.39, 0.29) is 12.5 Å². The maximum absolute atomic E-state index is 11.9. The van der Waals surface area contributed by atoms with Gasteiger partial charge in [0, 0.05) is 21.8 Å². The Morgan fingerprint density at radius 1 is 1.55 bits per heavy atom. The minimum atomic E-state index is -0.913. The third-order valence-corrected chi connectivity index (χ3v) is 4.50. The Balaban J connectivity index is 2.43. The number of nitrogens with one attached hydrogen (secondary N) is 1. The van der Waals surface area contributed by atoms with Gasteiger partial charge in [0.2, 0.25) is 5.91 Å². The molecule has 1 unspecified atom stereocenters. The molecule has 2 N–H and O–H groups in total. The second-order valence-electron chi connectivity index (χ2n) is 4.54. The molecule has 0 bridgehead atoms. The van der Waals surface area contributed by atoms with Gasteiger partial charge in [-0.1, -0.05) is 13.3 Å². The zero-order valence-corrected chi connectivity index (χ0v) is 14.0. The van der Waals surface area contributed by atoms with E-state index in [0.29, 0.717) is 13.0 Å². The molecule has 1 atom stereocenters. The van der Waals surface area contributed by atoms with Crippen LogP contribution in [0.2, 0.25) is 0 Å². The van der Waals surface area contributed by atoms with Crippen LogP contribution < -0.4 is 5.32 Å². The molecule has 20 heavy (non-hydrogen) atoms. The number of amides is 1. The van der Waals surface area contributed by atoms with Gasteiger partial charge in [0.1, 0.15) is 6.04 Å². The fraction of sp³-hybridized carbons (Fsp3) is 0.538. The molecular weight excluding hydrogens is 344 g/mol. The van der Waals surface area contributed by atoms with E-state index >= 15 is 0 Å². The van der Waals surface area contributed by atoms with Gasteiger partial charge in [-0.05, 0) is 28.4 Å². The average Bonchev–Trinajstić information content (AvgIpc) is 2.79. The van der Waals surface area contributed by atoms with Crippen molar-refractivity contribution < 1.29 is 14.7 Å². The van der Waals surface area contributed by atoms with Crippen molar-refractivity contribution in [2.45, 2.75) is 32.4 Å². The highest BCUT2D eigenvalue weighted by molar-refractivity contribution is 9.10. The van der Waals surface area contributed by atoms with Crippen molar-refractivity contribution in [3.05, 3.63) is 20.8 Å². The topological polar surface area (TPSA) is 69.6 Å². The van der Waals surface area contributed by atoms with Crippen LogP contribution in [0.25, 0.3) is 0 Å². The summed E-state index contributed by atoms with van der Waals surface area (Å²) in [5.41, 5.74) is 0. The Bertz CT molecular complexity index is 464. The zero-order chi connectivity index (χ0) is 15.1. The molecule has 1 rings (SSSR count). The van der Waals surface area contributed by atoms with E-state index in [1.807, 2.05) is 18.4 Å². The number of carbonyl (C=O) groups excluding carboxylic acids is 1. The zero-order valence-electron chi connectivity index (χ0n) is 11.6. The number of carbonyl (C=O) groups is 2. The van der Waals surface area contributed by atoms with Gasteiger partial charge in [-0.3, -0.25) is 14.9 Å². The standard InChI is InChI=1S/C13H19BrN2O3S/c1-3-4-11(13(18)19)15-6-12(17)16(2)7-10-5-9(14)8-20-10/h5,8,11,15H,3-4,6-7H2,1-2H3,(H,18,19). The summed E-state index contributed by atoms with van der Waals surface area (Å²) in [6.45, 7) is 2.49. The molecular formula is C13H19BrN2O3S. The third-order valence-electron chi connectivity index (χ3n) is 2.82. The molecule has 0 aromatic carbocycles. The van der Waals surface area contributed by atoms with E-state index in [2.05, 4.69) is 21.2 Å². The highest BCUT2D eigenvalue weighted by atomic mass is 79.9. The van der Waals surface area contributed by atoms with Gasteiger partial charge in [-0.2, -0.15) is 0 Å². The Morgan fingerprint density at radius 3 is 2.75 bits per heavy atom. The lowest BCUT2D eigenvalue weighted by atomic mass is 10.1. The smallest absolute Gasteiger partial charge is 0.320 e. The van der Waals surface area contributed by atoms with Gasteiger partial charge in [0.15, 0.2) is 0 Å². The number of halogens is 1. The lowest BCUT2D eigenvalue weighted by molar-refractivity contribution is -0.140. The van der Waals surface area contributed by atoms with Gasteiger partial charge in [0.05, 0.1) is 13.1 Å². The lowest BCUT2D eigenvalue weighted by Gasteiger charge is -2.19. The van der Waals surface area contributed by atoms with Crippen molar-refractivity contribution in [2.75, 3.05) is 13.6 Å². The summed E-state index contributed by atoms with van der Waals surface area (Å²) in [5, 5.41) is 13.8. The number of carboxylic acids is 1. The van der Waals surface area contributed by atoms with Crippen molar-refractivity contribution >= 4 is 39.1 Å². The Labute approximate surface area is 131 Å². The van der Waals surface area contributed by atoms with Crippen LogP contribution in [0.15, 0.2) is 15.9 Å². The van der Waals surface area contributed by atoms with Crippen LogP contribution in [0.5, 0.6) is 0 Å². The molecule has 0 saturated heterocycles. The molecule has 0 aliphatic rings. The van der Waals surface area contributed by atoms with Crippen molar-refractivity contribution in [1.29, 1.82) is 0 Å².